The van der Waals surface area contributed by atoms with Crippen LogP contribution >= 0.6 is 0 Å². The molecule has 0 radical (unpaired) electrons. The number of nitrogens with zero attached hydrogens (tertiary/aromatic N) is 1. The zero-order chi connectivity index (χ0) is 15.9. The van der Waals surface area contributed by atoms with E-state index in [1.54, 1.807) is 0 Å². The van der Waals surface area contributed by atoms with E-state index in [4.69, 9.17) is 9.15 Å². The van der Waals surface area contributed by atoms with E-state index in [-0.39, 0.29) is 17.6 Å². The summed E-state index contributed by atoms with van der Waals surface area (Å²) in [6.45, 7) is 5.73. The van der Waals surface area contributed by atoms with Crippen molar-refractivity contribution in [2.75, 3.05) is 19.7 Å². The lowest BCUT2D eigenvalue weighted by atomic mass is 9.58. The zero-order valence-electron chi connectivity index (χ0n) is 13.7. The highest BCUT2D eigenvalue weighted by Crippen LogP contribution is 2.51. The molecule has 1 saturated carbocycles. The van der Waals surface area contributed by atoms with Crippen molar-refractivity contribution in [2.45, 2.75) is 44.9 Å². The Hall–Kier alpha value is -1.36. The molecule has 124 valence electrons. The number of hydrogen-bond donors (Lipinski definition) is 1. The summed E-state index contributed by atoms with van der Waals surface area (Å²) in [6, 6.07) is 8.21. The minimum atomic E-state index is -0.184. The Morgan fingerprint density at radius 1 is 1.30 bits per heavy atom. The molecular weight excluding hydrogens is 290 g/mol. The van der Waals surface area contributed by atoms with Gasteiger partial charge in [0, 0.05) is 35.9 Å². The number of likely N-dealkylation sites (tertiary alicyclic amines) is 1. The Morgan fingerprint density at radius 3 is 2.83 bits per heavy atom. The Labute approximate surface area is 137 Å². The number of benzene rings is 1. The van der Waals surface area contributed by atoms with Crippen LogP contribution in [-0.4, -0.2) is 41.9 Å². The molecule has 1 spiro atoms. The molecule has 4 heteroatoms. The van der Waals surface area contributed by atoms with Crippen molar-refractivity contribution in [1.82, 2.24) is 4.90 Å². The van der Waals surface area contributed by atoms with Crippen LogP contribution < -0.4 is 0 Å². The van der Waals surface area contributed by atoms with E-state index in [0.29, 0.717) is 0 Å². The first-order valence-corrected chi connectivity index (χ1v) is 8.70. The fraction of sp³-hybridized carbons (Fsp3) is 0.579. The fourth-order valence-electron chi connectivity index (χ4n) is 4.34. The quantitative estimate of drug-likeness (QED) is 0.941. The van der Waals surface area contributed by atoms with Gasteiger partial charge in [0.15, 0.2) is 0 Å². The molecule has 2 unspecified atom stereocenters. The molecule has 4 nitrogen and oxygen atoms in total. The molecule has 0 bridgehead atoms. The van der Waals surface area contributed by atoms with Crippen LogP contribution in [0.25, 0.3) is 11.0 Å². The average molecular weight is 315 g/mol. The standard InChI is InChI=1S/C19H25NO3/c1-2-22-18-11-17(21)19(18)7-9-20(10-8-19)12-14-13-23-16-6-4-3-5-15(14)16/h3-6,13,17-18,21H,2,7-12H2,1H3. The van der Waals surface area contributed by atoms with Crippen molar-refractivity contribution in [3.05, 3.63) is 36.1 Å². The molecule has 1 aliphatic heterocycles. The van der Waals surface area contributed by atoms with Crippen LogP contribution in [-0.2, 0) is 11.3 Å². The minimum Gasteiger partial charge on any atom is -0.464 e. The van der Waals surface area contributed by atoms with Crippen molar-refractivity contribution < 1.29 is 14.3 Å². The lowest BCUT2D eigenvalue weighted by Gasteiger charge is -2.56. The second-order valence-electron chi connectivity index (χ2n) is 6.96. The van der Waals surface area contributed by atoms with Crippen molar-refractivity contribution in [3.8, 4) is 0 Å². The summed E-state index contributed by atoms with van der Waals surface area (Å²) in [7, 11) is 0. The number of ether oxygens (including phenoxy) is 1. The summed E-state index contributed by atoms with van der Waals surface area (Å²) in [4.78, 5) is 2.47. The first kappa shape index (κ1) is 15.2. The van der Waals surface area contributed by atoms with Crippen LogP contribution in [0, 0.1) is 5.41 Å². The maximum Gasteiger partial charge on any atom is 0.134 e. The summed E-state index contributed by atoms with van der Waals surface area (Å²) >= 11 is 0. The van der Waals surface area contributed by atoms with E-state index in [9.17, 15) is 5.11 Å². The van der Waals surface area contributed by atoms with Crippen molar-refractivity contribution in [2.24, 2.45) is 5.41 Å². The molecule has 0 amide bonds. The van der Waals surface area contributed by atoms with Gasteiger partial charge in [-0.1, -0.05) is 18.2 Å². The van der Waals surface area contributed by atoms with E-state index in [2.05, 4.69) is 17.0 Å². The number of fused-ring (bicyclic) bond motifs is 1. The molecule has 2 aromatic rings. The van der Waals surface area contributed by atoms with Gasteiger partial charge in [-0.2, -0.15) is 0 Å². The minimum absolute atomic E-state index is 0.00493. The third kappa shape index (κ3) is 2.49. The smallest absolute Gasteiger partial charge is 0.134 e. The maximum atomic E-state index is 10.3. The van der Waals surface area contributed by atoms with Gasteiger partial charge in [0.25, 0.3) is 0 Å². The van der Waals surface area contributed by atoms with Crippen LogP contribution in [0.15, 0.2) is 34.9 Å². The molecule has 2 fully saturated rings. The number of furan rings is 1. The van der Waals surface area contributed by atoms with Crippen molar-refractivity contribution in [1.29, 1.82) is 0 Å². The third-order valence-electron chi connectivity index (χ3n) is 5.85. The van der Waals surface area contributed by atoms with Gasteiger partial charge in [-0.15, -0.1) is 0 Å². The predicted molar refractivity (Wildman–Crippen MR) is 89.2 cm³/mol. The van der Waals surface area contributed by atoms with Crippen LogP contribution in [0.5, 0.6) is 0 Å². The molecule has 1 aromatic carbocycles. The monoisotopic (exact) mass is 315 g/mol. The number of aliphatic hydroxyl groups is 1. The van der Waals surface area contributed by atoms with E-state index >= 15 is 0 Å². The van der Waals surface area contributed by atoms with Gasteiger partial charge < -0.3 is 14.3 Å². The molecule has 1 aromatic heterocycles. The number of para-hydroxylation sites is 1. The summed E-state index contributed by atoms with van der Waals surface area (Å²) in [6.07, 6.45) is 4.80. The number of aliphatic hydroxyl groups excluding tert-OH is 1. The molecule has 1 aliphatic carbocycles. The Balaban J connectivity index is 1.42. The van der Waals surface area contributed by atoms with Gasteiger partial charge >= 0.3 is 0 Å². The van der Waals surface area contributed by atoms with Gasteiger partial charge in [-0.05, 0) is 38.9 Å². The largest absolute Gasteiger partial charge is 0.464 e. The van der Waals surface area contributed by atoms with E-state index in [1.807, 2.05) is 25.3 Å². The van der Waals surface area contributed by atoms with E-state index in [1.165, 1.54) is 10.9 Å². The van der Waals surface area contributed by atoms with Crippen LogP contribution in [0.1, 0.15) is 31.7 Å². The maximum absolute atomic E-state index is 10.3. The van der Waals surface area contributed by atoms with Crippen LogP contribution in [0.2, 0.25) is 0 Å². The topological polar surface area (TPSA) is 45.8 Å². The molecule has 1 N–H and O–H groups in total. The first-order chi connectivity index (χ1) is 11.2. The van der Waals surface area contributed by atoms with Gasteiger partial charge in [0.05, 0.1) is 18.5 Å². The average Bonchev–Trinajstić information content (AvgIpc) is 2.99. The molecule has 4 rings (SSSR count). The second-order valence-corrected chi connectivity index (χ2v) is 6.96. The predicted octanol–water partition coefficient (Wildman–Crippen LogP) is 3.18. The van der Waals surface area contributed by atoms with Crippen molar-refractivity contribution in [3.63, 3.8) is 0 Å². The number of rotatable bonds is 4. The molecule has 2 heterocycles. The SMILES string of the molecule is CCOC1CC(O)C12CCN(Cc1coc3ccccc13)CC2. The van der Waals surface area contributed by atoms with Gasteiger partial charge in [-0.3, -0.25) is 4.90 Å². The Morgan fingerprint density at radius 2 is 2.09 bits per heavy atom. The Bertz CT molecular complexity index is 670. The third-order valence-corrected chi connectivity index (χ3v) is 5.85. The van der Waals surface area contributed by atoms with E-state index < -0.39 is 0 Å². The molecule has 1 saturated heterocycles. The fourth-order valence-corrected chi connectivity index (χ4v) is 4.34. The summed E-state index contributed by atoms with van der Waals surface area (Å²) in [5.74, 6) is 0. The van der Waals surface area contributed by atoms with Crippen LogP contribution in [0.4, 0.5) is 0 Å². The summed E-state index contributed by atoms with van der Waals surface area (Å²) < 4.78 is 11.5. The van der Waals surface area contributed by atoms with Gasteiger partial charge in [-0.25, -0.2) is 0 Å². The van der Waals surface area contributed by atoms with E-state index in [0.717, 1.165) is 51.1 Å². The first-order valence-electron chi connectivity index (χ1n) is 8.70. The number of hydrogen-bond acceptors (Lipinski definition) is 4. The highest BCUT2D eigenvalue weighted by molar-refractivity contribution is 5.80. The Kier molecular flexibility index (Phi) is 3.92. The van der Waals surface area contributed by atoms with Gasteiger partial charge in [0.2, 0.25) is 0 Å². The normalized spacial score (nSPS) is 27.4. The number of piperidine rings is 1. The summed E-state index contributed by atoms with van der Waals surface area (Å²) in [5.41, 5.74) is 2.22. The molecular formula is C19H25NO3. The highest BCUT2D eigenvalue weighted by atomic mass is 16.5. The second kappa shape index (κ2) is 5.93. The van der Waals surface area contributed by atoms with Crippen LogP contribution in [0.3, 0.4) is 0 Å². The molecule has 2 aliphatic rings. The molecule has 2 atom stereocenters. The van der Waals surface area contributed by atoms with Gasteiger partial charge in [0.1, 0.15) is 5.58 Å². The highest BCUT2D eigenvalue weighted by Gasteiger charge is 2.55. The zero-order valence-corrected chi connectivity index (χ0v) is 13.7. The lowest BCUT2D eigenvalue weighted by molar-refractivity contribution is -0.209. The molecule has 23 heavy (non-hydrogen) atoms. The summed E-state index contributed by atoms with van der Waals surface area (Å²) in [5, 5.41) is 11.5. The van der Waals surface area contributed by atoms with Crippen molar-refractivity contribution >= 4 is 11.0 Å². The lowest BCUT2D eigenvalue weighted by Crippen LogP contribution is -2.62.